The highest BCUT2D eigenvalue weighted by molar-refractivity contribution is 6.28. The molecule has 0 saturated heterocycles. The van der Waals surface area contributed by atoms with E-state index in [1.807, 2.05) is 13.8 Å². The Balaban J connectivity index is 2.96. The molecule has 0 aliphatic carbocycles. The predicted octanol–water partition coefficient (Wildman–Crippen LogP) is 1.50. The molecule has 0 bridgehead atoms. The Bertz CT molecular complexity index is 363. The first-order valence-electron chi connectivity index (χ1n) is 5.43. The van der Waals surface area contributed by atoms with Gasteiger partial charge in [0.2, 0.25) is 11.2 Å². The molecule has 0 aliphatic rings. The highest BCUT2D eigenvalue weighted by atomic mass is 35.5. The van der Waals surface area contributed by atoms with Crippen LogP contribution in [0, 0.1) is 0 Å². The summed E-state index contributed by atoms with van der Waals surface area (Å²) in [7, 11) is 1.45. The molecule has 0 amide bonds. The van der Waals surface area contributed by atoms with E-state index in [4.69, 9.17) is 16.3 Å². The van der Waals surface area contributed by atoms with E-state index in [0.717, 1.165) is 12.8 Å². The van der Waals surface area contributed by atoms with Gasteiger partial charge in [0.25, 0.3) is 0 Å². The van der Waals surface area contributed by atoms with Crippen LogP contribution in [0.15, 0.2) is 0 Å². The molecule has 17 heavy (non-hydrogen) atoms. The lowest BCUT2D eigenvalue weighted by molar-refractivity contribution is 0.201. The van der Waals surface area contributed by atoms with Gasteiger partial charge in [0.1, 0.15) is 0 Å². The van der Waals surface area contributed by atoms with Crippen molar-refractivity contribution in [3.05, 3.63) is 5.28 Å². The van der Waals surface area contributed by atoms with Gasteiger partial charge in [-0.1, -0.05) is 13.8 Å². The summed E-state index contributed by atoms with van der Waals surface area (Å²) in [5.74, 6) is 0.305. The predicted molar refractivity (Wildman–Crippen MR) is 65.4 cm³/mol. The number of anilines is 1. The Morgan fingerprint density at radius 2 is 1.94 bits per heavy atom. The molecule has 2 N–H and O–H groups in total. The van der Waals surface area contributed by atoms with Gasteiger partial charge in [-0.25, -0.2) is 0 Å². The minimum Gasteiger partial charge on any atom is -0.467 e. The molecule has 0 atom stereocenters. The fourth-order valence-corrected chi connectivity index (χ4v) is 1.56. The average Bonchev–Trinajstić information content (AvgIpc) is 2.35. The number of methoxy groups -OCH3 is 1. The highest BCUT2D eigenvalue weighted by Crippen LogP contribution is 2.21. The third-order valence-electron chi connectivity index (χ3n) is 2.80. The van der Waals surface area contributed by atoms with Crippen molar-refractivity contribution in [2.45, 2.75) is 32.2 Å². The number of hydrogen-bond acceptors (Lipinski definition) is 6. The van der Waals surface area contributed by atoms with E-state index in [2.05, 4.69) is 20.3 Å². The molecule has 1 rings (SSSR count). The third kappa shape index (κ3) is 3.41. The van der Waals surface area contributed by atoms with Gasteiger partial charge in [-0.15, -0.1) is 0 Å². The maximum atomic E-state index is 9.44. The molecule has 0 aliphatic heterocycles. The summed E-state index contributed by atoms with van der Waals surface area (Å²) in [4.78, 5) is 11.8. The quantitative estimate of drug-likeness (QED) is 0.807. The monoisotopic (exact) mass is 260 g/mol. The maximum absolute atomic E-state index is 9.44. The van der Waals surface area contributed by atoms with E-state index in [-0.39, 0.29) is 17.9 Å². The summed E-state index contributed by atoms with van der Waals surface area (Å²) < 4.78 is 4.90. The van der Waals surface area contributed by atoms with Crippen molar-refractivity contribution in [2.24, 2.45) is 0 Å². The van der Waals surface area contributed by atoms with Crippen LogP contribution in [-0.2, 0) is 0 Å². The van der Waals surface area contributed by atoms with Crippen molar-refractivity contribution >= 4 is 17.5 Å². The van der Waals surface area contributed by atoms with Crippen LogP contribution in [0.2, 0.25) is 5.28 Å². The second kappa shape index (κ2) is 5.97. The van der Waals surface area contributed by atoms with Crippen molar-refractivity contribution in [2.75, 3.05) is 19.0 Å². The van der Waals surface area contributed by atoms with Gasteiger partial charge in [-0.05, 0) is 24.4 Å². The van der Waals surface area contributed by atoms with Crippen LogP contribution in [0.5, 0.6) is 6.01 Å². The number of aromatic nitrogens is 3. The van der Waals surface area contributed by atoms with Crippen molar-refractivity contribution in [3.63, 3.8) is 0 Å². The average molecular weight is 261 g/mol. The lowest BCUT2D eigenvalue weighted by Crippen LogP contribution is -2.41. The van der Waals surface area contributed by atoms with Crippen LogP contribution in [0.1, 0.15) is 26.7 Å². The zero-order chi connectivity index (χ0) is 12.9. The van der Waals surface area contributed by atoms with Gasteiger partial charge in [0.15, 0.2) is 0 Å². The Labute approximate surface area is 105 Å². The second-order valence-corrected chi connectivity index (χ2v) is 4.02. The smallest absolute Gasteiger partial charge is 0.322 e. The summed E-state index contributed by atoms with van der Waals surface area (Å²) >= 11 is 5.74. The minimum absolute atomic E-state index is 0.00832. The first-order chi connectivity index (χ1) is 8.09. The van der Waals surface area contributed by atoms with Crippen LogP contribution in [0.25, 0.3) is 0 Å². The molecule has 0 saturated carbocycles. The first kappa shape index (κ1) is 13.9. The number of hydrogen-bond donors (Lipinski definition) is 2. The van der Waals surface area contributed by atoms with Crippen LogP contribution < -0.4 is 10.1 Å². The van der Waals surface area contributed by atoms with Crippen LogP contribution in [0.4, 0.5) is 5.95 Å². The Morgan fingerprint density at radius 3 is 2.41 bits per heavy atom. The Kier molecular flexibility index (Phi) is 4.89. The molecule has 6 nitrogen and oxygen atoms in total. The molecule has 0 aromatic carbocycles. The molecular formula is C10H17ClN4O2. The Hall–Kier alpha value is -1.14. The molecule has 0 unspecified atom stereocenters. The van der Waals surface area contributed by atoms with E-state index in [1.54, 1.807) is 0 Å². The maximum Gasteiger partial charge on any atom is 0.322 e. The standard InChI is InChI=1S/C10H17ClN4O2/c1-4-10(5-2,6-16)15-8-12-7(11)13-9(14-8)17-3/h16H,4-6H2,1-3H3,(H,12,13,14,15). The van der Waals surface area contributed by atoms with Gasteiger partial charge >= 0.3 is 6.01 Å². The SMILES string of the molecule is CCC(CC)(CO)Nc1nc(Cl)nc(OC)n1. The van der Waals surface area contributed by atoms with Crippen molar-refractivity contribution < 1.29 is 9.84 Å². The molecule has 96 valence electrons. The minimum atomic E-state index is -0.449. The second-order valence-electron chi connectivity index (χ2n) is 3.69. The molecule has 7 heteroatoms. The summed E-state index contributed by atoms with van der Waals surface area (Å²) in [6.45, 7) is 3.95. The summed E-state index contributed by atoms with van der Waals surface area (Å²) in [5.41, 5.74) is -0.449. The molecular weight excluding hydrogens is 244 g/mol. The molecule has 0 spiro atoms. The number of nitrogens with zero attached hydrogens (tertiary/aromatic N) is 3. The van der Waals surface area contributed by atoms with Gasteiger partial charge in [-0.3, -0.25) is 0 Å². The number of ether oxygens (including phenoxy) is 1. The van der Waals surface area contributed by atoms with Gasteiger partial charge < -0.3 is 15.2 Å². The largest absolute Gasteiger partial charge is 0.467 e. The van der Waals surface area contributed by atoms with Gasteiger partial charge in [-0.2, -0.15) is 15.0 Å². The fourth-order valence-electron chi connectivity index (χ4n) is 1.41. The lowest BCUT2D eigenvalue weighted by Gasteiger charge is -2.30. The summed E-state index contributed by atoms with van der Waals surface area (Å²) in [5, 5.41) is 12.6. The Morgan fingerprint density at radius 1 is 1.29 bits per heavy atom. The number of aliphatic hydroxyl groups excluding tert-OH is 1. The molecule has 1 aromatic heterocycles. The van der Waals surface area contributed by atoms with E-state index < -0.39 is 5.54 Å². The molecule has 0 radical (unpaired) electrons. The first-order valence-corrected chi connectivity index (χ1v) is 5.81. The fraction of sp³-hybridized carbons (Fsp3) is 0.700. The lowest BCUT2D eigenvalue weighted by atomic mass is 9.94. The van der Waals surface area contributed by atoms with Crippen molar-refractivity contribution in [1.29, 1.82) is 0 Å². The van der Waals surface area contributed by atoms with Crippen LogP contribution in [-0.4, -0.2) is 39.3 Å². The van der Waals surface area contributed by atoms with E-state index in [0.29, 0.717) is 5.95 Å². The molecule has 1 aromatic rings. The van der Waals surface area contributed by atoms with Crippen LogP contribution >= 0.6 is 11.6 Å². The summed E-state index contributed by atoms with van der Waals surface area (Å²) in [6.07, 6.45) is 1.48. The zero-order valence-electron chi connectivity index (χ0n) is 10.2. The zero-order valence-corrected chi connectivity index (χ0v) is 11.0. The van der Waals surface area contributed by atoms with Crippen LogP contribution in [0.3, 0.4) is 0 Å². The van der Waals surface area contributed by atoms with Crippen molar-refractivity contribution in [3.8, 4) is 6.01 Å². The van der Waals surface area contributed by atoms with E-state index in [9.17, 15) is 5.11 Å². The van der Waals surface area contributed by atoms with Gasteiger partial charge in [0, 0.05) is 0 Å². The third-order valence-corrected chi connectivity index (χ3v) is 2.97. The summed E-state index contributed by atoms with van der Waals surface area (Å²) in [6, 6.07) is 0.145. The number of aliphatic hydroxyl groups is 1. The van der Waals surface area contributed by atoms with Gasteiger partial charge in [0.05, 0.1) is 19.3 Å². The number of halogens is 1. The molecule has 0 fully saturated rings. The van der Waals surface area contributed by atoms with Crippen molar-refractivity contribution in [1.82, 2.24) is 15.0 Å². The highest BCUT2D eigenvalue weighted by Gasteiger charge is 2.26. The normalized spacial score (nSPS) is 11.4. The topological polar surface area (TPSA) is 80.2 Å². The number of rotatable bonds is 6. The number of nitrogens with one attached hydrogen (secondary N) is 1. The van der Waals surface area contributed by atoms with E-state index >= 15 is 0 Å². The van der Waals surface area contributed by atoms with E-state index in [1.165, 1.54) is 7.11 Å². The molecule has 1 heterocycles.